The molecule has 0 fully saturated rings. The number of hydrogen-bond acceptors (Lipinski definition) is 3. The number of halogens is 1. The molecule has 1 unspecified atom stereocenters. The Bertz CT molecular complexity index is 858. The molecule has 1 amide bonds. The molecule has 1 aromatic heterocycles. The summed E-state index contributed by atoms with van der Waals surface area (Å²) in [6.07, 6.45) is 0.288. The van der Waals surface area contributed by atoms with Crippen molar-refractivity contribution in [2.24, 2.45) is 5.92 Å². The molecule has 0 aliphatic carbocycles. The molecule has 136 valence electrons. The maximum absolute atomic E-state index is 12.4. The van der Waals surface area contributed by atoms with E-state index in [1.165, 1.54) is 0 Å². The summed E-state index contributed by atoms with van der Waals surface area (Å²) in [7, 11) is 0. The summed E-state index contributed by atoms with van der Waals surface area (Å²) >= 11 is 3.40. The number of fused-ring (bicyclic) bond motifs is 1. The predicted octanol–water partition coefficient (Wildman–Crippen LogP) is 4.61. The van der Waals surface area contributed by atoms with E-state index in [9.17, 15) is 4.79 Å². The highest BCUT2D eigenvalue weighted by atomic mass is 79.9. The zero-order chi connectivity index (χ0) is 18.5. The van der Waals surface area contributed by atoms with Gasteiger partial charge in [0.2, 0.25) is 5.91 Å². The normalized spacial score (nSPS) is 12.3. The lowest BCUT2D eigenvalue weighted by atomic mass is 10.0. The van der Waals surface area contributed by atoms with Crippen LogP contribution in [0.4, 0.5) is 0 Å². The Labute approximate surface area is 161 Å². The van der Waals surface area contributed by atoms with E-state index >= 15 is 0 Å². The molecule has 5 nitrogen and oxygen atoms in total. The number of aromatic amines is 1. The van der Waals surface area contributed by atoms with E-state index in [4.69, 9.17) is 4.74 Å². The van der Waals surface area contributed by atoms with Gasteiger partial charge in [-0.25, -0.2) is 4.98 Å². The number of imidazole rings is 1. The maximum Gasteiger partial charge on any atom is 0.224 e. The first-order chi connectivity index (χ1) is 12.5. The number of para-hydroxylation sites is 2. The summed E-state index contributed by atoms with van der Waals surface area (Å²) in [4.78, 5) is 20.3. The van der Waals surface area contributed by atoms with Crippen LogP contribution in [0.2, 0.25) is 0 Å². The predicted molar refractivity (Wildman–Crippen MR) is 106 cm³/mol. The monoisotopic (exact) mass is 415 g/mol. The average molecular weight is 416 g/mol. The molecule has 2 aromatic carbocycles. The summed E-state index contributed by atoms with van der Waals surface area (Å²) in [6, 6.07) is 15.3. The highest BCUT2D eigenvalue weighted by Gasteiger charge is 2.21. The van der Waals surface area contributed by atoms with Crippen molar-refractivity contribution in [3.8, 4) is 5.75 Å². The Morgan fingerprint density at radius 2 is 2.04 bits per heavy atom. The van der Waals surface area contributed by atoms with Gasteiger partial charge in [0, 0.05) is 4.47 Å². The number of H-pyrrole nitrogens is 1. The molecule has 0 saturated heterocycles. The van der Waals surface area contributed by atoms with Crippen molar-refractivity contribution in [3.05, 3.63) is 58.8 Å². The summed E-state index contributed by atoms with van der Waals surface area (Å²) in [5.74, 6) is 1.68. The van der Waals surface area contributed by atoms with E-state index in [-0.39, 0.29) is 24.3 Å². The van der Waals surface area contributed by atoms with Gasteiger partial charge in [-0.3, -0.25) is 4.79 Å². The van der Waals surface area contributed by atoms with E-state index in [0.29, 0.717) is 6.61 Å². The van der Waals surface area contributed by atoms with Crippen molar-refractivity contribution >= 4 is 32.9 Å². The van der Waals surface area contributed by atoms with Gasteiger partial charge in [0.15, 0.2) is 0 Å². The molecule has 0 aliphatic heterocycles. The fraction of sp³-hybridized carbons (Fsp3) is 0.300. The summed E-state index contributed by atoms with van der Waals surface area (Å²) in [6.45, 7) is 4.46. The van der Waals surface area contributed by atoms with Crippen molar-refractivity contribution in [2.45, 2.75) is 26.3 Å². The Kier molecular flexibility index (Phi) is 5.93. The third-order valence-electron chi connectivity index (χ3n) is 4.08. The number of aromatic nitrogens is 2. The largest absolute Gasteiger partial charge is 0.493 e. The number of rotatable bonds is 7. The van der Waals surface area contributed by atoms with Crippen LogP contribution in [0, 0.1) is 5.92 Å². The standard InChI is InChI=1S/C20H22BrN3O2/c1-13(2)19(20-22-16-8-3-4-9-17(16)23-20)24-18(25)10-11-26-15-7-5-6-14(21)12-15/h3-9,12-13,19H,10-11H2,1-2H3,(H,22,23)(H,24,25). The molecular formula is C20H22BrN3O2. The van der Waals surface area contributed by atoms with Crippen molar-refractivity contribution in [1.82, 2.24) is 15.3 Å². The molecule has 6 heteroatoms. The number of nitrogens with zero attached hydrogens (tertiary/aromatic N) is 1. The minimum atomic E-state index is -0.166. The van der Waals surface area contributed by atoms with Crippen LogP contribution < -0.4 is 10.1 Å². The smallest absolute Gasteiger partial charge is 0.224 e. The highest BCUT2D eigenvalue weighted by Crippen LogP contribution is 2.22. The fourth-order valence-corrected chi connectivity index (χ4v) is 3.11. The zero-order valence-corrected chi connectivity index (χ0v) is 16.4. The number of ether oxygens (including phenoxy) is 1. The first-order valence-electron chi connectivity index (χ1n) is 8.65. The zero-order valence-electron chi connectivity index (χ0n) is 14.8. The maximum atomic E-state index is 12.4. The van der Waals surface area contributed by atoms with Crippen LogP contribution >= 0.6 is 15.9 Å². The van der Waals surface area contributed by atoms with E-state index in [1.54, 1.807) is 0 Å². The van der Waals surface area contributed by atoms with E-state index in [0.717, 1.165) is 27.1 Å². The number of amides is 1. The van der Waals surface area contributed by atoms with Crippen molar-refractivity contribution < 1.29 is 9.53 Å². The lowest BCUT2D eigenvalue weighted by Crippen LogP contribution is -2.33. The fourth-order valence-electron chi connectivity index (χ4n) is 2.73. The Balaban J connectivity index is 1.59. The summed E-state index contributed by atoms with van der Waals surface area (Å²) in [5, 5.41) is 3.07. The summed E-state index contributed by atoms with van der Waals surface area (Å²) < 4.78 is 6.59. The van der Waals surface area contributed by atoms with Gasteiger partial charge >= 0.3 is 0 Å². The third-order valence-corrected chi connectivity index (χ3v) is 4.57. The SMILES string of the molecule is CC(C)C(NC(=O)CCOc1cccc(Br)c1)c1nc2ccccc2[nH]1. The average Bonchev–Trinajstić information content (AvgIpc) is 3.03. The van der Waals surface area contributed by atoms with Crippen LogP contribution in [0.1, 0.15) is 32.1 Å². The Morgan fingerprint density at radius 1 is 1.23 bits per heavy atom. The van der Waals surface area contributed by atoms with Gasteiger partial charge in [-0.05, 0) is 36.2 Å². The van der Waals surface area contributed by atoms with Gasteiger partial charge in [-0.2, -0.15) is 0 Å². The molecule has 0 aliphatic rings. The van der Waals surface area contributed by atoms with Crippen LogP contribution in [0.15, 0.2) is 53.0 Å². The molecule has 0 saturated carbocycles. The van der Waals surface area contributed by atoms with Crippen molar-refractivity contribution in [1.29, 1.82) is 0 Å². The Morgan fingerprint density at radius 3 is 2.77 bits per heavy atom. The second-order valence-corrected chi connectivity index (χ2v) is 7.40. The molecule has 3 rings (SSSR count). The quantitative estimate of drug-likeness (QED) is 0.591. The van der Waals surface area contributed by atoms with Crippen LogP contribution in [-0.2, 0) is 4.79 Å². The van der Waals surface area contributed by atoms with Crippen LogP contribution in [0.25, 0.3) is 11.0 Å². The highest BCUT2D eigenvalue weighted by molar-refractivity contribution is 9.10. The van der Waals surface area contributed by atoms with Crippen LogP contribution in [0.3, 0.4) is 0 Å². The number of nitrogens with one attached hydrogen (secondary N) is 2. The minimum Gasteiger partial charge on any atom is -0.493 e. The van der Waals surface area contributed by atoms with E-state index < -0.39 is 0 Å². The third kappa shape index (κ3) is 4.64. The van der Waals surface area contributed by atoms with Gasteiger partial charge < -0.3 is 15.0 Å². The molecule has 2 N–H and O–H groups in total. The second-order valence-electron chi connectivity index (χ2n) is 6.48. The van der Waals surface area contributed by atoms with Crippen LogP contribution in [-0.4, -0.2) is 22.5 Å². The number of carbonyl (C=O) groups excluding carboxylic acids is 1. The summed E-state index contributed by atoms with van der Waals surface area (Å²) in [5.41, 5.74) is 1.88. The van der Waals surface area contributed by atoms with Gasteiger partial charge in [-0.15, -0.1) is 0 Å². The molecular weight excluding hydrogens is 394 g/mol. The lowest BCUT2D eigenvalue weighted by Gasteiger charge is -2.20. The number of carbonyl (C=O) groups is 1. The number of benzene rings is 2. The second kappa shape index (κ2) is 8.36. The van der Waals surface area contributed by atoms with Crippen molar-refractivity contribution in [3.63, 3.8) is 0 Å². The van der Waals surface area contributed by atoms with E-state index in [1.807, 2.05) is 48.5 Å². The molecule has 3 aromatic rings. The van der Waals surface area contributed by atoms with Gasteiger partial charge in [0.25, 0.3) is 0 Å². The van der Waals surface area contributed by atoms with Gasteiger partial charge in [-0.1, -0.05) is 48.0 Å². The minimum absolute atomic E-state index is 0.0563. The van der Waals surface area contributed by atoms with Crippen molar-refractivity contribution in [2.75, 3.05) is 6.61 Å². The lowest BCUT2D eigenvalue weighted by molar-refractivity contribution is -0.122. The first kappa shape index (κ1) is 18.5. The molecule has 0 radical (unpaired) electrons. The number of hydrogen-bond donors (Lipinski definition) is 2. The van der Waals surface area contributed by atoms with Gasteiger partial charge in [0.1, 0.15) is 11.6 Å². The first-order valence-corrected chi connectivity index (χ1v) is 9.44. The van der Waals surface area contributed by atoms with E-state index in [2.05, 4.69) is 45.1 Å². The van der Waals surface area contributed by atoms with Crippen LogP contribution in [0.5, 0.6) is 5.75 Å². The Hall–Kier alpha value is -2.34. The van der Waals surface area contributed by atoms with Gasteiger partial charge in [0.05, 0.1) is 30.1 Å². The molecule has 1 heterocycles. The topological polar surface area (TPSA) is 67.0 Å². The molecule has 1 atom stereocenters. The molecule has 0 bridgehead atoms. The molecule has 0 spiro atoms. The molecule has 26 heavy (non-hydrogen) atoms.